The number of rotatable bonds is 9. The molecule has 36 heavy (non-hydrogen) atoms. The zero-order chi connectivity index (χ0) is 26.1. The van der Waals surface area contributed by atoms with Crippen molar-refractivity contribution < 1.29 is 23.5 Å². The smallest absolute Gasteiger partial charge is 0.338 e. The third kappa shape index (κ3) is 7.24. The van der Waals surface area contributed by atoms with Gasteiger partial charge in [0.2, 0.25) is 0 Å². The Morgan fingerprint density at radius 1 is 0.778 bits per heavy atom. The minimum atomic E-state index is -0.506. The number of hydrogen-bond donors (Lipinski definition) is 0. The van der Waals surface area contributed by atoms with E-state index in [4.69, 9.17) is 9.47 Å². The molecule has 0 atom stereocenters. The Morgan fingerprint density at radius 2 is 1.39 bits per heavy atom. The molecule has 0 saturated heterocycles. The fourth-order valence-electron chi connectivity index (χ4n) is 3.14. The van der Waals surface area contributed by atoms with Crippen molar-refractivity contribution in [2.75, 3.05) is 0 Å². The van der Waals surface area contributed by atoms with E-state index in [1.807, 2.05) is 30.3 Å². The van der Waals surface area contributed by atoms with Crippen LogP contribution in [0.25, 0.3) is 24.3 Å². The zero-order valence-electron chi connectivity index (χ0n) is 20.3. The molecule has 0 radical (unpaired) electrons. The van der Waals surface area contributed by atoms with Crippen molar-refractivity contribution in [1.29, 1.82) is 0 Å². The molecular formula is C31H27FO4. The molecule has 3 rings (SSSR count). The maximum Gasteiger partial charge on any atom is 0.338 e. The van der Waals surface area contributed by atoms with Crippen LogP contribution in [-0.2, 0) is 20.9 Å². The van der Waals surface area contributed by atoms with E-state index in [0.717, 1.165) is 11.1 Å². The van der Waals surface area contributed by atoms with Gasteiger partial charge in [0, 0.05) is 22.3 Å². The van der Waals surface area contributed by atoms with Crippen molar-refractivity contribution in [1.82, 2.24) is 0 Å². The van der Waals surface area contributed by atoms with Gasteiger partial charge in [0.15, 0.2) is 0 Å². The molecule has 0 aliphatic heterocycles. The lowest BCUT2D eigenvalue weighted by atomic mass is 10.0. The highest BCUT2D eigenvalue weighted by atomic mass is 19.1. The van der Waals surface area contributed by atoms with Crippen molar-refractivity contribution in [2.45, 2.75) is 20.5 Å². The summed E-state index contributed by atoms with van der Waals surface area (Å²) in [5, 5.41) is 0. The van der Waals surface area contributed by atoms with E-state index < -0.39 is 11.9 Å². The lowest BCUT2D eigenvalue weighted by Crippen LogP contribution is -2.08. The monoisotopic (exact) mass is 482 g/mol. The largest absolute Gasteiger partial charge is 0.457 e. The van der Waals surface area contributed by atoms with Crippen molar-refractivity contribution in [2.24, 2.45) is 0 Å². The molecule has 0 aliphatic rings. The molecule has 182 valence electrons. The Balaban J connectivity index is 1.75. The van der Waals surface area contributed by atoms with E-state index in [1.54, 1.807) is 68.5 Å². The number of esters is 2. The minimum Gasteiger partial charge on any atom is -0.457 e. The highest BCUT2D eigenvalue weighted by Crippen LogP contribution is 2.23. The van der Waals surface area contributed by atoms with Crippen molar-refractivity contribution in [3.05, 3.63) is 125 Å². The molecule has 0 aromatic heterocycles. The molecule has 0 unspecified atom stereocenters. The summed E-state index contributed by atoms with van der Waals surface area (Å²) < 4.78 is 25.4. The normalized spacial score (nSPS) is 11.0. The summed E-state index contributed by atoms with van der Waals surface area (Å²) >= 11 is 0. The van der Waals surface area contributed by atoms with Crippen LogP contribution in [0.1, 0.15) is 41.7 Å². The number of ether oxygens (including phenoxy) is 2. The molecule has 0 heterocycles. The van der Waals surface area contributed by atoms with Crippen LogP contribution in [-0.4, -0.2) is 11.9 Å². The number of carbonyl (C=O) groups excluding carboxylic acids is 2. The summed E-state index contributed by atoms with van der Waals surface area (Å²) in [6.07, 6.45) is 6.96. The Kier molecular flexibility index (Phi) is 8.89. The number of halogens is 1. The Morgan fingerprint density at radius 3 is 2.08 bits per heavy atom. The van der Waals surface area contributed by atoms with Crippen molar-refractivity contribution in [3.63, 3.8) is 0 Å². The first kappa shape index (κ1) is 26.1. The number of hydrogen-bond acceptors (Lipinski definition) is 4. The lowest BCUT2D eigenvalue weighted by Gasteiger charge is -2.08. The average molecular weight is 483 g/mol. The van der Waals surface area contributed by atoms with Gasteiger partial charge in [-0.15, -0.1) is 0 Å². The van der Waals surface area contributed by atoms with Crippen LogP contribution in [0.3, 0.4) is 0 Å². The molecule has 0 saturated carbocycles. The van der Waals surface area contributed by atoms with Crippen molar-refractivity contribution >= 4 is 36.2 Å². The van der Waals surface area contributed by atoms with E-state index in [1.165, 1.54) is 6.07 Å². The van der Waals surface area contributed by atoms with Gasteiger partial charge < -0.3 is 9.47 Å². The van der Waals surface area contributed by atoms with E-state index in [2.05, 4.69) is 13.2 Å². The summed E-state index contributed by atoms with van der Waals surface area (Å²) in [7, 11) is 0. The van der Waals surface area contributed by atoms with E-state index >= 15 is 0 Å². The first-order valence-electron chi connectivity index (χ1n) is 11.3. The van der Waals surface area contributed by atoms with E-state index in [9.17, 15) is 14.0 Å². The maximum atomic E-state index is 14.8. The Labute approximate surface area is 210 Å². The fraction of sp³-hybridized carbons (Fsp3) is 0.0968. The molecule has 5 heteroatoms. The van der Waals surface area contributed by atoms with Gasteiger partial charge in [-0.05, 0) is 42.7 Å². The minimum absolute atomic E-state index is 0.0988. The third-order valence-electron chi connectivity index (χ3n) is 5.15. The van der Waals surface area contributed by atoms with Crippen LogP contribution >= 0.6 is 0 Å². The summed E-state index contributed by atoms with van der Waals surface area (Å²) in [5.41, 5.74) is 3.99. The topological polar surface area (TPSA) is 52.6 Å². The van der Waals surface area contributed by atoms with Crippen LogP contribution in [0.5, 0.6) is 5.75 Å². The van der Waals surface area contributed by atoms with Gasteiger partial charge in [-0.2, -0.15) is 0 Å². The quantitative estimate of drug-likeness (QED) is 0.139. The first-order chi connectivity index (χ1) is 17.2. The van der Waals surface area contributed by atoms with Gasteiger partial charge in [-0.1, -0.05) is 92.1 Å². The maximum absolute atomic E-state index is 14.8. The summed E-state index contributed by atoms with van der Waals surface area (Å²) in [6, 6.07) is 19.4. The van der Waals surface area contributed by atoms with Gasteiger partial charge in [0.25, 0.3) is 0 Å². The molecule has 0 N–H and O–H groups in total. The SMILES string of the molecule is C=C(C)C(=O)OCc1ccccc1C=Cc1ccc(C=Cc2ccccc2OC(=O)C(=C)C)cc1F. The molecule has 0 aliphatic carbocycles. The van der Waals surface area contributed by atoms with Crippen LogP contribution in [0.15, 0.2) is 91.0 Å². The molecular weight excluding hydrogens is 455 g/mol. The number of para-hydroxylation sites is 1. The first-order valence-corrected chi connectivity index (χ1v) is 11.3. The molecule has 0 fully saturated rings. The Bertz CT molecular complexity index is 1360. The lowest BCUT2D eigenvalue weighted by molar-refractivity contribution is -0.140. The second-order valence-electron chi connectivity index (χ2n) is 8.21. The molecule has 4 nitrogen and oxygen atoms in total. The predicted octanol–water partition coefficient (Wildman–Crippen LogP) is 7.27. The van der Waals surface area contributed by atoms with Gasteiger partial charge in [-0.25, -0.2) is 14.0 Å². The van der Waals surface area contributed by atoms with Crippen molar-refractivity contribution in [3.8, 4) is 5.75 Å². The van der Waals surface area contributed by atoms with Crippen LogP contribution in [0, 0.1) is 5.82 Å². The van der Waals surface area contributed by atoms with E-state index in [0.29, 0.717) is 33.6 Å². The van der Waals surface area contributed by atoms with Gasteiger partial charge >= 0.3 is 11.9 Å². The summed E-state index contributed by atoms with van der Waals surface area (Å²) in [5.74, 6) is -0.954. The summed E-state index contributed by atoms with van der Waals surface area (Å²) in [4.78, 5) is 23.6. The molecule has 0 spiro atoms. The number of carbonyl (C=O) groups is 2. The zero-order valence-corrected chi connectivity index (χ0v) is 20.3. The van der Waals surface area contributed by atoms with Gasteiger partial charge in [0.05, 0.1) is 0 Å². The van der Waals surface area contributed by atoms with Crippen LogP contribution < -0.4 is 4.74 Å². The highest BCUT2D eigenvalue weighted by Gasteiger charge is 2.09. The standard InChI is InChI=1S/C31H27FO4/c1-21(2)30(33)35-20-27-11-6-5-9-24(27)17-18-25-15-13-23(19-28(25)32)14-16-26-10-7-8-12-29(26)36-31(34)22(3)4/h5-19H,1,3,20H2,2,4H3. The van der Waals surface area contributed by atoms with Crippen LogP contribution in [0.4, 0.5) is 4.39 Å². The van der Waals surface area contributed by atoms with Crippen LogP contribution in [0.2, 0.25) is 0 Å². The number of benzene rings is 3. The van der Waals surface area contributed by atoms with Gasteiger partial charge in [-0.3, -0.25) is 0 Å². The molecule has 0 bridgehead atoms. The highest BCUT2D eigenvalue weighted by molar-refractivity contribution is 5.89. The predicted molar refractivity (Wildman–Crippen MR) is 142 cm³/mol. The third-order valence-corrected chi connectivity index (χ3v) is 5.15. The molecule has 3 aromatic rings. The Hall–Kier alpha value is -4.51. The second-order valence-corrected chi connectivity index (χ2v) is 8.21. The van der Waals surface area contributed by atoms with E-state index in [-0.39, 0.29) is 12.4 Å². The summed E-state index contributed by atoms with van der Waals surface area (Å²) in [6.45, 7) is 10.4. The average Bonchev–Trinajstić information content (AvgIpc) is 2.86. The second kappa shape index (κ2) is 12.3. The molecule has 0 amide bonds. The van der Waals surface area contributed by atoms with Gasteiger partial charge in [0.1, 0.15) is 18.2 Å². The molecule has 3 aromatic carbocycles. The fourth-order valence-corrected chi connectivity index (χ4v) is 3.14.